The van der Waals surface area contributed by atoms with E-state index in [1.165, 1.54) is 164 Å². The van der Waals surface area contributed by atoms with Gasteiger partial charge in [0.25, 0.3) is 0 Å². The van der Waals surface area contributed by atoms with Gasteiger partial charge in [0.05, 0.1) is 69.0 Å². The summed E-state index contributed by atoms with van der Waals surface area (Å²) >= 11 is 0. The van der Waals surface area contributed by atoms with Crippen LogP contribution in [0.4, 0.5) is 79.6 Å². The van der Waals surface area contributed by atoms with Crippen molar-refractivity contribution >= 4 is 171 Å². The number of rotatable bonds is 9. The molecule has 0 radical (unpaired) electrons. The number of nitrogen functional groups attached to an aromatic ring is 12. The van der Waals surface area contributed by atoms with Crippen molar-refractivity contribution in [1.82, 2.24) is 0 Å². The summed E-state index contributed by atoms with van der Waals surface area (Å²) in [5.74, 6) is -0.459. The Balaban J connectivity index is -0.0000000983. The topological polar surface area (TPSA) is 1090 Å². The molecule has 0 heterocycles. The van der Waals surface area contributed by atoms with E-state index in [1.54, 1.807) is 41.1 Å². The van der Waals surface area contributed by atoms with Crippen LogP contribution in [0.25, 0.3) is 0 Å². The van der Waals surface area contributed by atoms with E-state index in [0.717, 1.165) is 18.2 Å². The number of benzene rings is 12. The Morgan fingerprint density at radius 1 is 0.311 bits per heavy atom. The molecule has 0 saturated heterocycles. The molecule has 12 rings (SSSR count). The van der Waals surface area contributed by atoms with Gasteiger partial charge in [0.2, 0.25) is 0 Å². The molecule has 0 atom stereocenters. The number of hydrogen-bond donors (Lipinski definition) is 28. The monoisotopic (exact) mass is 2220 g/mol. The molecule has 0 fully saturated rings. The van der Waals surface area contributed by atoms with Crippen molar-refractivity contribution in [2.75, 3.05) is 79.0 Å². The van der Waals surface area contributed by atoms with Crippen LogP contribution in [0.5, 0.6) is 69.0 Å². The fourth-order valence-corrected chi connectivity index (χ4v) is 7.26. The number of aromatic hydroxyl groups is 12. The molecule has 0 aliphatic carbocycles. The van der Waals surface area contributed by atoms with E-state index >= 15 is 0 Å². The first-order valence-electron chi connectivity index (χ1n) is 34.5. The van der Waals surface area contributed by atoms with Gasteiger partial charge in [-0.2, -0.15) is 152 Å². The van der Waals surface area contributed by atoms with Gasteiger partial charge in [-0.3, -0.25) is 14.1 Å². The molecule has 0 saturated carbocycles. The smallest absolute Gasteiger partial charge is 0.545 e. The minimum Gasteiger partial charge on any atom is -0.545 e. The van der Waals surface area contributed by atoms with Crippen LogP contribution >= 0.6 is 0 Å². The van der Waals surface area contributed by atoms with Crippen molar-refractivity contribution < 1.29 is 489 Å². The number of carbonyl (C=O) groups is 5. The molecule has 0 aliphatic heterocycles. The summed E-state index contributed by atoms with van der Waals surface area (Å²) in [6.45, 7) is 0.253. The molecule has 55 nitrogen and oxygen atoms in total. The third-order valence-corrected chi connectivity index (χ3v) is 13.4. The average molecular weight is 2220 g/mol. The number of nitrogens with one attached hydrogen (secondary N) is 2. The molecule has 41 N–H and O–H groups in total. The maximum Gasteiger partial charge on any atom is 1.00 e. The van der Waals surface area contributed by atoms with E-state index in [1.807, 2.05) is 0 Å². The normalized spacial score (nSPS) is 8.15. The van der Waals surface area contributed by atoms with Crippen LogP contribution in [-0.2, 0) is 85.4 Å². The molecule has 0 amide bonds. The van der Waals surface area contributed by atoms with E-state index < -0.39 is 66.0 Å². The van der Waals surface area contributed by atoms with Crippen LogP contribution in [0.2, 0.25) is 0 Å². The van der Waals surface area contributed by atoms with Crippen molar-refractivity contribution in [1.29, 1.82) is 0 Å². The van der Waals surface area contributed by atoms with E-state index in [2.05, 4.69) is 57.5 Å². The van der Waals surface area contributed by atoms with Gasteiger partial charge in [0, 0.05) is 51.2 Å². The molecule has 746 valence electrons. The second-order valence-corrected chi connectivity index (χ2v) is 25.0. The quantitative estimate of drug-likeness (QED) is 0.00932. The number of carbonyl (C=O) groups excluding carboxylic acids is 11. The Bertz CT molecular complexity index is 5810. The second kappa shape index (κ2) is 102. The van der Waals surface area contributed by atoms with Gasteiger partial charge < -0.3 is 169 Å². The summed E-state index contributed by atoms with van der Waals surface area (Å²) in [4.78, 5) is 108. The first-order valence-corrected chi connectivity index (χ1v) is 38.9. The molecule has 0 bridgehead atoms. The molecule has 12 aromatic carbocycles. The molecule has 0 aliphatic rings. The van der Waals surface area contributed by atoms with Gasteiger partial charge >= 0.3 is 372 Å². The van der Waals surface area contributed by atoms with Gasteiger partial charge in [0.15, 0.2) is 0 Å². The van der Waals surface area contributed by atoms with Crippen molar-refractivity contribution in [3.63, 3.8) is 0 Å². The van der Waals surface area contributed by atoms with Crippen molar-refractivity contribution in [2.45, 2.75) is 0 Å². The first kappa shape index (κ1) is 171. The van der Waals surface area contributed by atoms with Gasteiger partial charge in [-0.1, -0.05) is 18.2 Å². The van der Waals surface area contributed by atoms with Gasteiger partial charge in [0.1, 0.15) is 34.5 Å². The Morgan fingerprint density at radius 3 is 0.649 bits per heavy atom. The number of phenolic OH excluding ortho intramolecular Hbond substituents is 12. The number of anilines is 14. The summed E-state index contributed by atoms with van der Waals surface area (Å²) in [6.07, 6.45) is 0.750. The van der Waals surface area contributed by atoms with Crippen LogP contribution < -0.4 is 400 Å². The number of phenols is 12. The first-order chi connectivity index (χ1) is 64.9. The van der Waals surface area contributed by atoms with Crippen LogP contribution in [0, 0.1) is 36.4 Å². The Hall–Kier alpha value is -10.6. The number of aromatic carboxylic acids is 3. The summed E-state index contributed by atoms with van der Waals surface area (Å²) < 4.78 is 107. The summed E-state index contributed by atoms with van der Waals surface area (Å²) in [6, 6.07) is 66.9. The fourth-order valence-electron chi connectivity index (χ4n) is 6.84. The average Bonchev–Trinajstić information content (AvgIpc) is 1.44. The maximum absolute atomic E-state index is 10.8. The Labute approximate surface area is 1070 Å². The zero-order valence-corrected chi connectivity index (χ0v) is 97.5. The van der Waals surface area contributed by atoms with Gasteiger partial charge in [-0.25, -0.2) is 10.3 Å². The zero-order valence-electron chi connectivity index (χ0n) is 78.8. The van der Waals surface area contributed by atoms with Crippen molar-refractivity contribution in [2.24, 2.45) is 5.90 Å². The van der Waals surface area contributed by atoms with E-state index in [9.17, 15) is 47.7 Å². The summed E-state index contributed by atoms with van der Waals surface area (Å²) in [5, 5.41) is 137. The molecule has 148 heavy (non-hydrogen) atoms. The van der Waals surface area contributed by atoms with E-state index in [0.29, 0.717) is 39.8 Å². The number of hydrogen-bond acceptors (Lipinski definition) is 53. The van der Waals surface area contributed by atoms with Gasteiger partial charge in [-0.05, 0) is 125 Å². The predicted molar refractivity (Wildman–Crippen MR) is 476 cm³/mol. The number of carboxylic acid groups (broad SMARTS) is 3. The van der Waals surface area contributed by atoms with Crippen LogP contribution in [0.3, 0.4) is 0 Å². The number of carboxylic acids is 3. The van der Waals surface area contributed by atoms with Crippen molar-refractivity contribution in [3.8, 4) is 69.0 Å². The molecule has 0 aromatic heterocycles. The minimum atomic E-state index is -4.29. The third kappa shape index (κ3) is 95.0. The molecule has 0 spiro atoms. The van der Waals surface area contributed by atoms with Crippen LogP contribution in [0.1, 0.15) is 41.4 Å². The fraction of sp³-hybridized carbons (Fsp3) is 0. The van der Waals surface area contributed by atoms with Crippen molar-refractivity contribution in [3.05, 3.63) is 277 Å². The van der Waals surface area contributed by atoms with E-state index in [4.69, 9.17) is 201 Å². The predicted octanol–water partition coefficient (Wildman–Crippen LogP) is -28.4. The largest absolute Gasteiger partial charge is 1.00 e. The molecule has 0 unspecified atom stereocenters. The Kier molecular flexibility index (Phi) is 118. The zero-order chi connectivity index (χ0) is 108. The number of nitrogens with two attached hydrogens (primary N) is 13. The van der Waals surface area contributed by atoms with Crippen LogP contribution in [-0.4, -0.2) is 161 Å². The van der Waals surface area contributed by atoms with E-state index in [-0.39, 0.29) is 455 Å². The SMILES string of the molecule is NOC(=O)c1ccc(N)c(O)c1.Nc1c[c-]ccc1O.Nc1c[c-]ccc1O.Nc1c[c-]ccc1O.Nc1c[c-]ccc1O.Nc1c[c-]ccc1O.Nc1c[c-]ccc1O.Nc1cc(NOC=O)ccc1O.Nc1cc(NS(=O)(=O)O)ccc1O.Nc1ccc(C(=O)[O-])cc1O.Nc1ccc(C(=O)[O-])cc1O.Nc1ccc(C(=O)[O-])cc1O.O=C=O.O=C=O.O=C=O.O=S(=O)=O.O=S(=O)=O.O=S(=O)=O.[K+].[K+].[K+].[Li+].[Li+].[Li+].[Na+].[Na+].[Na+]. The second-order valence-electron chi connectivity index (χ2n) is 22.6. The third-order valence-electron chi connectivity index (χ3n) is 12.9. The molecule has 12 aromatic rings. The standard InChI is InChI=1S/2C7H8N2O3.3C7H7NO3.C6H8N2O4S.6C6H6NO.3CO2.3K.3Li.3Na.3O3S/c8-6-3-5(9-12-4-10)1-2-7(6)11;8-5-2-1-4(3-6(5)10)7(11)12-9;3*8-5-2-1-4(7(10)11)3-6(5)9;7-5-3-4(1-2-6(5)9)8-13(10,11)12;6*7-5-3-1-2-4-6(5)8;3*2-1-3;;;;;;;;;;3*1-4(2)3/h1-4,9,11H,8H2;1-3,10H,8-9H2;3*1-3,9H,8H2,(H,10,11);1-3,8-9H,7H2,(H,10,11,12);6*2-4,8H,7H2;;;;;;;;;;;;;;;/q;;;;;;6*-1;;;;9*+1;;;/p-3. The molecular weight excluding hydrogens is 2150 g/mol. The molecular formula is C80H78K3Li3N15Na3O40S4. The molecule has 68 heteroatoms. The summed E-state index contributed by atoms with van der Waals surface area (Å²) in [7, 11) is -13.6. The summed E-state index contributed by atoms with van der Waals surface area (Å²) in [5.41, 5.74) is 68.9. The van der Waals surface area contributed by atoms with Gasteiger partial charge in [-0.15, -0.1) is 74.3 Å². The maximum atomic E-state index is 10.8. The minimum absolute atomic E-state index is 0. The Morgan fingerprint density at radius 2 is 0.493 bits per heavy atom. The van der Waals surface area contributed by atoms with Crippen LogP contribution in [0.15, 0.2) is 218 Å².